The first-order valence-corrected chi connectivity index (χ1v) is 5.74. The van der Waals surface area contributed by atoms with Crippen molar-refractivity contribution in [2.45, 2.75) is 19.8 Å². The molecule has 0 atom stereocenters. The van der Waals surface area contributed by atoms with Gasteiger partial charge < -0.3 is 9.47 Å². The van der Waals surface area contributed by atoms with Gasteiger partial charge in [0.05, 0.1) is 6.61 Å². The average molecular weight is 233 g/mol. The summed E-state index contributed by atoms with van der Waals surface area (Å²) in [5.41, 5.74) is 1.10. The van der Waals surface area contributed by atoms with Crippen LogP contribution in [0.15, 0.2) is 6.07 Å². The van der Waals surface area contributed by atoms with Crippen molar-refractivity contribution in [3.05, 3.63) is 17.5 Å². The van der Waals surface area contributed by atoms with Crippen LogP contribution in [-0.4, -0.2) is 29.8 Å². The largest absolute Gasteiger partial charge is 0.463 e. The van der Waals surface area contributed by atoms with Gasteiger partial charge in [-0.1, -0.05) is 0 Å². The van der Waals surface area contributed by atoms with E-state index >= 15 is 0 Å². The number of aryl methyl sites for hydroxylation is 1. The minimum Gasteiger partial charge on any atom is -0.463 e. The molecule has 1 aliphatic rings. The van der Waals surface area contributed by atoms with Crippen LogP contribution >= 0.6 is 0 Å². The van der Waals surface area contributed by atoms with Crippen molar-refractivity contribution in [3.8, 4) is 12.1 Å². The summed E-state index contributed by atoms with van der Waals surface area (Å²) in [6.45, 7) is 4.01. The summed E-state index contributed by atoms with van der Waals surface area (Å²) in [5.74, 6) is 0.499. The monoisotopic (exact) mass is 233 g/mol. The SMILES string of the molecule is Cc1cc(C#N)nc(OCC2CCOCC2)n1. The summed E-state index contributed by atoms with van der Waals surface area (Å²) >= 11 is 0. The molecule has 2 heterocycles. The zero-order valence-electron chi connectivity index (χ0n) is 9.85. The predicted molar refractivity (Wildman–Crippen MR) is 60.5 cm³/mol. The molecule has 0 spiro atoms. The molecule has 0 saturated carbocycles. The number of nitriles is 1. The van der Waals surface area contributed by atoms with Crippen molar-refractivity contribution in [3.63, 3.8) is 0 Å². The molecule has 90 valence electrons. The molecule has 0 aromatic carbocycles. The summed E-state index contributed by atoms with van der Waals surface area (Å²) in [5, 5.41) is 8.79. The molecule has 5 nitrogen and oxygen atoms in total. The van der Waals surface area contributed by atoms with E-state index in [1.54, 1.807) is 6.07 Å². The fourth-order valence-corrected chi connectivity index (χ4v) is 1.77. The Morgan fingerprint density at radius 1 is 1.47 bits per heavy atom. The zero-order chi connectivity index (χ0) is 12.1. The second-order valence-electron chi connectivity index (χ2n) is 4.16. The molecule has 2 rings (SSSR count). The lowest BCUT2D eigenvalue weighted by atomic mass is 10.0. The molecule has 1 aromatic rings. The highest BCUT2D eigenvalue weighted by Crippen LogP contribution is 2.16. The first kappa shape index (κ1) is 11.8. The van der Waals surface area contributed by atoms with E-state index in [9.17, 15) is 0 Å². The number of aromatic nitrogens is 2. The van der Waals surface area contributed by atoms with Gasteiger partial charge in [-0.3, -0.25) is 0 Å². The van der Waals surface area contributed by atoms with Gasteiger partial charge in [0, 0.05) is 18.9 Å². The number of rotatable bonds is 3. The number of ether oxygens (including phenoxy) is 2. The van der Waals surface area contributed by atoms with E-state index in [0.717, 1.165) is 31.7 Å². The second-order valence-corrected chi connectivity index (χ2v) is 4.16. The highest BCUT2D eigenvalue weighted by molar-refractivity contribution is 5.23. The maximum absolute atomic E-state index is 8.79. The Morgan fingerprint density at radius 3 is 2.94 bits per heavy atom. The maximum atomic E-state index is 8.79. The topological polar surface area (TPSA) is 68.0 Å². The second kappa shape index (κ2) is 5.60. The molecule has 0 bridgehead atoms. The van der Waals surface area contributed by atoms with Crippen LogP contribution in [0.4, 0.5) is 0 Å². The maximum Gasteiger partial charge on any atom is 0.317 e. The summed E-state index contributed by atoms with van der Waals surface area (Å²) in [6, 6.07) is 3.93. The van der Waals surface area contributed by atoms with Crippen LogP contribution < -0.4 is 4.74 Å². The molecule has 0 aliphatic carbocycles. The van der Waals surface area contributed by atoms with Gasteiger partial charge in [-0.2, -0.15) is 10.2 Å². The molecular weight excluding hydrogens is 218 g/mol. The molecule has 0 amide bonds. The summed E-state index contributed by atoms with van der Waals surface area (Å²) < 4.78 is 10.8. The summed E-state index contributed by atoms with van der Waals surface area (Å²) in [6.07, 6.45) is 2.02. The van der Waals surface area contributed by atoms with Crippen molar-refractivity contribution in [2.75, 3.05) is 19.8 Å². The van der Waals surface area contributed by atoms with Crippen LogP contribution in [0.25, 0.3) is 0 Å². The van der Waals surface area contributed by atoms with Crippen LogP contribution in [0.5, 0.6) is 6.01 Å². The van der Waals surface area contributed by atoms with E-state index in [-0.39, 0.29) is 0 Å². The van der Waals surface area contributed by atoms with Gasteiger partial charge in [-0.25, -0.2) is 4.98 Å². The number of hydrogen-bond acceptors (Lipinski definition) is 5. The predicted octanol–water partition coefficient (Wildman–Crippen LogP) is 1.46. The lowest BCUT2D eigenvalue weighted by Gasteiger charge is -2.21. The first-order chi connectivity index (χ1) is 8.28. The van der Waals surface area contributed by atoms with Gasteiger partial charge >= 0.3 is 6.01 Å². The van der Waals surface area contributed by atoms with Crippen LogP contribution in [0.3, 0.4) is 0 Å². The Bertz CT molecular complexity index is 422. The normalized spacial score (nSPS) is 16.5. The van der Waals surface area contributed by atoms with Crippen molar-refractivity contribution >= 4 is 0 Å². The van der Waals surface area contributed by atoms with Crippen molar-refractivity contribution in [1.82, 2.24) is 9.97 Å². The Hall–Kier alpha value is -1.67. The molecule has 0 N–H and O–H groups in total. The smallest absolute Gasteiger partial charge is 0.317 e. The molecule has 0 radical (unpaired) electrons. The van der Waals surface area contributed by atoms with Gasteiger partial charge in [-0.15, -0.1) is 0 Å². The molecule has 1 saturated heterocycles. The highest BCUT2D eigenvalue weighted by Gasteiger charge is 2.15. The summed E-state index contributed by atoms with van der Waals surface area (Å²) in [4.78, 5) is 8.16. The van der Waals surface area contributed by atoms with Gasteiger partial charge in [0.25, 0.3) is 0 Å². The standard InChI is InChI=1S/C12H15N3O2/c1-9-6-11(7-13)15-12(14-9)17-8-10-2-4-16-5-3-10/h6,10H,2-5,8H2,1H3. The Balaban J connectivity index is 1.94. The molecule has 0 unspecified atom stereocenters. The molecule has 1 fully saturated rings. The number of nitrogens with zero attached hydrogens (tertiary/aromatic N) is 3. The average Bonchev–Trinajstić information content (AvgIpc) is 2.37. The third-order valence-electron chi connectivity index (χ3n) is 2.74. The van der Waals surface area contributed by atoms with Crippen LogP contribution in [0.1, 0.15) is 24.2 Å². The Kier molecular flexibility index (Phi) is 3.89. The van der Waals surface area contributed by atoms with Crippen LogP contribution in [0.2, 0.25) is 0 Å². The van der Waals surface area contributed by atoms with Gasteiger partial charge in [0.1, 0.15) is 11.8 Å². The van der Waals surface area contributed by atoms with Crippen molar-refractivity contribution in [1.29, 1.82) is 5.26 Å². The Labute approximate surface area is 100 Å². The molecule has 1 aromatic heterocycles. The lowest BCUT2D eigenvalue weighted by Crippen LogP contribution is -2.22. The first-order valence-electron chi connectivity index (χ1n) is 5.74. The highest BCUT2D eigenvalue weighted by atomic mass is 16.5. The van der Waals surface area contributed by atoms with Crippen LogP contribution in [-0.2, 0) is 4.74 Å². The van der Waals surface area contributed by atoms with Crippen molar-refractivity contribution < 1.29 is 9.47 Å². The minimum atomic E-state index is 0.299. The van der Waals surface area contributed by atoms with Crippen molar-refractivity contribution in [2.24, 2.45) is 5.92 Å². The fourth-order valence-electron chi connectivity index (χ4n) is 1.77. The third-order valence-corrected chi connectivity index (χ3v) is 2.74. The number of hydrogen-bond donors (Lipinski definition) is 0. The van der Waals surface area contributed by atoms with E-state index in [1.165, 1.54) is 0 Å². The van der Waals surface area contributed by atoms with Crippen LogP contribution in [0, 0.1) is 24.2 Å². The zero-order valence-corrected chi connectivity index (χ0v) is 9.85. The minimum absolute atomic E-state index is 0.299. The third kappa shape index (κ3) is 3.40. The fraction of sp³-hybridized carbons (Fsp3) is 0.583. The van der Waals surface area contributed by atoms with E-state index in [2.05, 4.69) is 9.97 Å². The Morgan fingerprint density at radius 2 is 2.24 bits per heavy atom. The quantitative estimate of drug-likeness (QED) is 0.790. The van der Waals surface area contributed by atoms with E-state index in [4.69, 9.17) is 14.7 Å². The van der Waals surface area contributed by atoms with Gasteiger partial charge in [-0.05, 0) is 31.7 Å². The molecule has 1 aliphatic heterocycles. The van der Waals surface area contributed by atoms with Gasteiger partial charge in [0.2, 0.25) is 0 Å². The summed E-state index contributed by atoms with van der Waals surface area (Å²) in [7, 11) is 0. The van der Waals surface area contributed by atoms with E-state index < -0.39 is 0 Å². The van der Waals surface area contributed by atoms with Gasteiger partial charge in [0.15, 0.2) is 0 Å². The lowest BCUT2D eigenvalue weighted by molar-refractivity contribution is 0.0482. The molecular formula is C12H15N3O2. The molecule has 5 heteroatoms. The van der Waals surface area contributed by atoms with E-state index in [1.807, 2.05) is 13.0 Å². The van der Waals surface area contributed by atoms with E-state index in [0.29, 0.717) is 24.2 Å². The molecule has 17 heavy (non-hydrogen) atoms.